The molecule has 0 unspecified atom stereocenters. The normalized spacial score (nSPS) is 12.4. The second-order valence-electron chi connectivity index (χ2n) is 4.44. The molecule has 0 aliphatic carbocycles. The van der Waals surface area contributed by atoms with Crippen LogP contribution in [0.25, 0.3) is 0 Å². The highest BCUT2D eigenvalue weighted by atomic mass is 79.9. The molecular formula is C15H15BrClNO. The lowest BCUT2D eigenvalue weighted by Gasteiger charge is -2.14. The number of nitrogens with one attached hydrogen (secondary N) is 1. The van der Waals surface area contributed by atoms with Crippen molar-refractivity contribution in [3.63, 3.8) is 0 Å². The molecule has 0 saturated heterocycles. The van der Waals surface area contributed by atoms with E-state index >= 15 is 0 Å². The van der Waals surface area contributed by atoms with E-state index < -0.39 is 0 Å². The molecular weight excluding hydrogens is 326 g/mol. The van der Waals surface area contributed by atoms with E-state index in [1.165, 1.54) is 5.56 Å². The maximum absolute atomic E-state index is 9.37. The van der Waals surface area contributed by atoms with Gasteiger partial charge in [0.25, 0.3) is 0 Å². The van der Waals surface area contributed by atoms with E-state index in [1.807, 2.05) is 18.2 Å². The maximum atomic E-state index is 9.37. The van der Waals surface area contributed by atoms with E-state index in [9.17, 15) is 5.11 Å². The van der Waals surface area contributed by atoms with Crippen molar-refractivity contribution in [2.75, 3.05) is 0 Å². The summed E-state index contributed by atoms with van der Waals surface area (Å²) in [7, 11) is 0. The van der Waals surface area contributed by atoms with Crippen molar-refractivity contribution in [3.05, 3.63) is 63.1 Å². The minimum absolute atomic E-state index is 0.117. The largest absolute Gasteiger partial charge is 0.506 e. The van der Waals surface area contributed by atoms with Gasteiger partial charge in [0, 0.05) is 17.1 Å². The summed E-state index contributed by atoms with van der Waals surface area (Å²) in [6, 6.07) is 13.7. The van der Waals surface area contributed by atoms with E-state index in [1.54, 1.807) is 12.1 Å². The molecule has 2 nitrogen and oxygen atoms in total. The van der Waals surface area contributed by atoms with Crippen molar-refractivity contribution < 1.29 is 5.11 Å². The van der Waals surface area contributed by atoms with E-state index in [0.717, 1.165) is 10.0 Å². The van der Waals surface area contributed by atoms with Crippen LogP contribution in [0.3, 0.4) is 0 Å². The van der Waals surface area contributed by atoms with Crippen LogP contribution in [-0.4, -0.2) is 5.11 Å². The Morgan fingerprint density at radius 2 is 1.89 bits per heavy atom. The number of halogens is 2. The zero-order chi connectivity index (χ0) is 13.8. The molecule has 0 aliphatic heterocycles. The molecule has 0 aromatic heterocycles. The van der Waals surface area contributed by atoms with Crippen LogP contribution in [0.2, 0.25) is 5.02 Å². The Kier molecular flexibility index (Phi) is 4.86. The van der Waals surface area contributed by atoms with Crippen LogP contribution in [0.15, 0.2) is 46.9 Å². The molecule has 0 radical (unpaired) electrons. The number of benzene rings is 2. The molecule has 0 aliphatic rings. The van der Waals surface area contributed by atoms with Gasteiger partial charge in [0.1, 0.15) is 5.75 Å². The third kappa shape index (κ3) is 3.96. The summed E-state index contributed by atoms with van der Waals surface area (Å²) < 4.78 is 1.08. The zero-order valence-corrected chi connectivity index (χ0v) is 12.9. The molecule has 100 valence electrons. The Hall–Kier alpha value is -1.03. The molecule has 2 aromatic carbocycles. The number of phenolic OH excluding ortho intramolecular Hbond substituents is 1. The van der Waals surface area contributed by atoms with Crippen molar-refractivity contribution in [2.45, 2.75) is 19.5 Å². The first-order valence-corrected chi connectivity index (χ1v) is 7.19. The third-order valence-electron chi connectivity index (χ3n) is 2.99. The van der Waals surface area contributed by atoms with E-state index in [2.05, 4.69) is 40.3 Å². The Morgan fingerprint density at radius 1 is 1.21 bits per heavy atom. The Balaban J connectivity index is 1.98. The predicted molar refractivity (Wildman–Crippen MR) is 82.5 cm³/mol. The quantitative estimate of drug-likeness (QED) is 0.848. The molecule has 0 spiro atoms. The molecule has 4 heteroatoms. The van der Waals surface area contributed by atoms with E-state index in [0.29, 0.717) is 11.6 Å². The van der Waals surface area contributed by atoms with Crippen LogP contribution < -0.4 is 5.32 Å². The zero-order valence-electron chi connectivity index (χ0n) is 10.5. The SMILES string of the molecule is C[C@H](NCc1ccc(O)c(Cl)c1)c1ccc(Br)cc1. The summed E-state index contributed by atoms with van der Waals surface area (Å²) in [5.41, 5.74) is 2.28. The number of hydrogen-bond acceptors (Lipinski definition) is 2. The Bertz CT molecular complexity index is 557. The second-order valence-corrected chi connectivity index (χ2v) is 5.76. The fourth-order valence-electron chi connectivity index (χ4n) is 1.80. The molecule has 2 rings (SSSR count). The van der Waals surface area contributed by atoms with Crippen LogP contribution in [0, 0.1) is 0 Å². The summed E-state index contributed by atoms with van der Waals surface area (Å²) in [6.07, 6.45) is 0. The lowest BCUT2D eigenvalue weighted by Crippen LogP contribution is -2.17. The monoisotopic (exact) mass is 339 g/mol. The molecule has 0 fully saturated rings. The molecule has 2 aromatic rings. The van der Waals surface area contributed by atoms with Crippen molar-refractivity contribution in [3.8, 4) is 5.75 Å². The summed E-state index contributed by atoms with van der Waals surface area (Å²) >= 11 is 9.31. The lowest BCUT2D eigenvalue weighted by molar-refractivity contribution is 0.475. The van der Waals surface area contributed by atoms with Gasteiger partial charge >= 0.3 is 0 Å². The number of aromatic hydroxyl groups is 1. The highest BCUT2D eigenvalue weighted by Crippen LogP contribution is 2.24. The summed E-state index contributed by atoms with van der Waals surface area (Å²) in [5.74, 6) is 0.117. The molecule has 0 bridgehead atoms. The van der Waals surface area contributed by atoms with Gasteiger partial charge in [-0.25, -0.2) is 0 Å². The number of phenols is 1. The fourth-order valence-corrected chi connectivity index (χ4v) is 2.27. The van der Waals surface area contributed by atoms with Crippen LogP contribution in [0.4, 0.5) is 0 Å². The minimum Gasteiger partial charge on any atom is -0.506 e. The van der Waals surface area contributed by atoms with Crippen molar-refractivity contribution >= 4 is 27.5 Å². The average Bonchev–Trinajstić information content (AvgIpc) is 2.40. The van der Waals surface area contributed by atoms with Gasteiger partial charge in [-0.15, -0.1) is 0 Å². The van der Waals surface area contributed by atoms with Gasteiger partial charge in [-0.3, -0.25) is 0 Å². The average molecular weight is 341 g/mol. The maximum Gasteiger partial charge on any atom is 0.134 e. The molecule has 0 heterocycles. The van der Waals surface area contributed by atoms with E-state index in [-0.39, 0.29) is 11.8 Å². The van der Waals surface area contributed by atoms with Gasteiger partial charge in [0.2, 0.25) is 0 Å². The van der Waals surface area contributed by atoms with Crippen molar-refractivity contribution in [2.24, 2.45) is 0 Å². The highest BCUT2D eigenvalue weighted by Gasteiger charge is 2.05. The van der Waals surface area contributed by atoms with Gasteiger partial charge in [-0.2, -0.15) is 0 Å². The Labute approximate surface area is 126 Å². The first-order valence-electron chi connectivity index (χ1n) is 6.02. The second kappa shape index (κ2) is 6.42. The van der Waals surface area contributed by atoms with Gasteiger partial charge < -0.3 is 10.4 Å². The van der Waals surface area contributed by atoms with Crippen molar-refractivity contribution in [1.82, 2.24) is 5.32 Å². The van der Waals surface area contributed by atoms with Gasteiger partial charge in [0.05, 0.1) is 5.02 Å². The first-order chi connectivity index (χ1) is 9.06. The number of hydrogen-bond donors (Lipinski definition) is 2. The van der Waals surface area contributed by atoms with Crippen LogP contribution in [0.5, 0.6) is 5.75 Å². The standard InChI is InChI=1S/C15H15BrClNO/c1-10(12-3-5-13(16)6-4-12)18-9-11-2-7-15(19)14(17)8-11/h2-8,10,18-19H,9H2,1H3/t10-/m0/s1. The molecule has 19 heavy (non-hydrogen) atoms. The van der Waals surface area contributed by atoms with Crippen LogP contribution in [0.1, 0.15) is 24.1 Å². The predicted octanol–water partition coefficient (Wildman–Crippen LogP) is 4.66. The third-order valence-corrected chi connectivity index (χ3v) is 3.83. The number of rotatable bonds is 4. The van der Waals surface area contributed by atoms with Crippen molar-refractivity contribution in [1.29, 1.82) is 0 Å². The molecule has 1 atom stereocenters. The molecule has 0 amide bonds. The first kappa shape index (κ1) is 14.4. The topological polar surface area (TPSA) is 32.3 Å². The summed E-state index contributed by atoms with van der Waals surface area (Å²) in [4.78, 5) is 0. The highest BCUT2D eigenvalue weighted by molar-refractivity contribution is 9.10. The smallest absolute Gasteiger partial charge is 0.134 e. The lowest BCUT2D eigenvalue weighted by atomic mass is 10.1. The van der Waals surface area contributed by atoms with Gasteiger partial charge in [0.15, 0.2) is 0 Å². The van der Waals surface area contributed by atoms with Crippen LogP contribution >= 0.6 is 27.5 Å². The summed E-state index contributed by atoms with van der Waals surface area (Å²) in [6.45, 7) is 2.82. The van der Waals surface area contributed by atoms with Gasteiger partial charge in [-0.1, -0.05) is 45.7 Å². The summed E-state index contributed by atoms with van der Waals surface area (Å²) in [5, 5.41) is 13.2. The molecule has 0 saturated carbocycles. The van der Waals surface area contributed by atoms with E-state index in [4.69, 9.17) is 11.6 Å². The minimum atomic E-state index is 0.117. The fraction of sp³-hybridized carbons (Fsp3) is 0.200. The van der Waals surface area contributed by atoms with Gasteiger partial charge in [-0.05, 0) is 42.3 Å². The molecule has 2 N–H and O–H groups in total. The van der Waals surface area contributed by atoms with Crippen LogP contribution in [-0.2, 0) is 6.54 Å². The Morgan fingerprint density at radius 3 is 2.53 bits per heavy atom.